The number of rotatable bonds is 4. The van der Waals surface area contributed by atoms with Crippen LogP contribution in [-0.2, 0) is 6.54 Å². The molecule has 2 rings (SSSR count). The summed E-state index contributed by atoms with van der Waals surface area (Å²) < 4.78 is 5.20. The second-order valence-electron chi connectivity index (χ2n) is 4.31. The maximum absolute atomic E-state index is 9.11. The van der Waals surface area contributed by atoms with E-state index in [1.165, 1.54) is 0 Å². The number of anilines is 1. The number of para-hydroxylation sites is 1. The average molecular weight is 252 g/mol. The van der Waals surface area contributed by atoms with E-state index in [2.05, 4.69) is 11.4 Å². The number of benzene rings is 2. The highest BCUT2D eigenvalue weighted by atomic mass is 16.5. The van der Waals surface area contributed by atoms with Crippen LogP contribution in [0.1, 0.15) is 16.7 Å². The van der Waals surface area contributed by atoms with E-state index >= 15 is 0 Å². The van der Waals surface area contributed by atoms with Crippen molar-refractivity contribution in [3.05, 3.63) is 59.2 Å². The topological polar surface area (TPSA) is 45.0 Å². The molecule has 0 radical (unpaired) electrons. The number of hydrogen-bond acceptors (Lipinski definition) is 3. The molecule has 0 spiro atoms. The first-order chi connectivity index (χ1) is 9.24. The largest absolute Gasteiger partial charge is 0.497 e. The summed E-state index contributed by atoms with van der Waals surface area (Å²) in [6, 6.07) is 15.8. The van der Waals surface area contributed by atoms with Crippen molar-refractivity contribution in [2.24, 2.45) is 0 Å². The van der Waals surface area contributed by atoms with Crippen LogP contribution in [0.4, 0.5) is 5.69 Å². The maximum atomic E-state index is 9.11. The van der Waals surface area contributed by atoms with Gasteiger partial charge < -0.3 is 10.1 Å². The Balaban J connectivity index is 2.17. The molecule has 3 nitrogen and oxygen atoms in total. The number of nitrogens with one attached hydrogen (secondary N) is 1. The van der Waals surface area contributed by atoms with Gasteiger partial charge >= 0.3 is 0 Å². The highest BCUT2D eigenvalue weighted by Crippen LogP contribution is 2.21. The third-order valence-corrected chi connectivity index (χ3v) is 3.00. The monoisotopic (exact) mass is 252 g/mol. The molecule has 0 atom stereocenters. The first-order valence-electron chi connectivity index (χ1n) is 6.11. The van der Waals surface area contributed by atoms with E-state index < -0.39 is 0 Å². The molecule has 0 fully saturated rings. The summed E-state index contributed by atoms with van der Waals surface area (Å²) in [6.45, 7) is 2.66. The van der Waals surface area contributed by atoms with Crippen LogP contribution in [0.5, 0.6) is 5.75 Å². The SMILES string of the molecule is COc1cccc(CNc2c(C)cccc2C#N)c1. The molecular weight excluding hydrogens is 236 g/mol. The fraction of sp³-hybridized carbons (Fsp3) is 0.188. The molecule has 1 N–H and O–H groups in total. The van der Waals surface area contributed by atoms with Gasteiger partial charge in [-0.15, -0.1) is 0 Å². The van der Waals surface area contributed by atoms with Crippen molar-refractivity contribution in [3.63, 3.8) is 0 Å². The van der Waals surface area contributed by atoms with Crippen LogP contribution in [-0.4, -0.2) is 7.11 Å². The number of aryl methyl sites for hydroxylation is 1. The predicted molar refractivity (Wildman–Crippen MR) is 76.2 cm³/mol. The van der Waals surface area contributed by atoms with Crippen LogP contribution in [0, 0.1) is 18.3 Å². The molecule has 19 heavy (non-hydrogen) atoms. The summed E-state index contributed by atoms with van der Waals surface area (Å²) in [4.78, 5) is 0. The minimum atomic E-state index is 0.663. The number of methoxy groups -OCH3 is 1. The highest BCUT2D eigenvalue weighted by molar-refractivity contribution is 5.62. The molecule has 0 aliphatic carbocycles. The van der Waals surface area contributed by atoms with Crippen molar-refractivity contribution < 1.29 is 4.74 Å². The predicted octanol–water partition coefficient (Wildman–Crippen LogP) is 3.49. The molecule has 0 unspecified atom stereocenters. The Morgan fingerprint density at radius 1 is 1.21 bits per heavy atom. The van der Waals surface area contributed by atoms with E-state index in [-0.39, 0.29) is 0 Å². The summed E-state index contributed by atoms with van der Waals surface area (Å²) in [5.74, 6) is 0.838. The van der Waals surface area contributed by atoms with Gasteiger partial charge in [-0.1, -0.05) is 24.3 Å². The molecule has 0 aliphatic rings. The van der Waals surface area contributed by atoms with Crippen LogP contribution in [0.15, 0.2) is 42.5 Å². The molecular formula is C16H16N2O. The van der Waals surface area contributed by atoms with E-state index in [0.29, 0.717) is 12.1 Å². The Hall–Kier alpha value is -2.47. The van der Waals surface area contributed by atoms with Gasteiger partial charge in [0.25, 0.3) is 0 Å². The Morgan fingerprint density at radius 2 is 2.00 bits per heavy atom. The molecule has 2 aromatic carbocycles. The lowest BCUT2D eigenvalue weighted by atomic mass is 10.1. The van der Waals surface area contributed by atoms with E-state index in [0.717, 1.165) is 22.6 Å². The van der Waals surface area contributed by atoms with Crippen molar-refractivity contribution in [2.45, 2.75) is 13.5 Å². The fourth-order valence-electron chi connectivity index (χ4n) is 1.97. The zero-order chi connectivity index (χ0) is 13.7. The quantitative estimate of drug-likeness (QED) is 0.906. The van der Waals surface area contributed by atoms with E-state index in [1.807, 2.05) is 49.4 Å². The van der Waals surface area contributed by atoms with Gasteiger partial charge in [0.05, 0.1) is 18.4 Å². The van der Waals surface area contributed by atoms with Crippen LogP contribution < -0.4 is 10.1 Å². The Kier molecular flexibility index (Phi) is 4.04. The first-order valence-corrected chi connectivity index (χ1v) is 6.11. The number of hydrogen-bond donors (Lipinski definition) is 1. The molecule has 0 amide bonds. The molecule has 3 heteroatoms. The zero-order valence-corrected chi connectivity index (χ0v) is 11.1. The molecule has 0 saturated carbocycles. The van der Waals surface area contributed by atoms with E-state index in [4.69, 9.17) is 10.00 Å². The van der Waals surface area contributed by atoms with Crippen molar-refractivity contribution in [1.29, 1.82) is 5.26 Å². The summed E-state index contributed by atoms with van der Waals surface area (Å²) in [7, 11) is 1.65. The van der Waals surface area contributed by atoms with Gasteiger partial charge in [0.2, 0.25) is 0 Å². The fourth-order valence-corrected chi connectivity index (χ4v) is 1.97. The van der Waals surface area contributed by atoms with Gasteiger partial charge in [-0.05, 0) is 36.2 Å². The van der Waals surface area contributed by atoms with Gasteiger partial charge in [-0.3, -0.25) is 0 Å². The summed E-state index contributed by atoms with van der Waals surface area (Å²) in [5, 5.41) is 12.4. The minimum absolute atomic E-state index is 0.663. The molecule has 0 heterocycles. The normalized spacial score (nSPS) is 9.74. The van der Waals surface area contributed by atoms with Gasteiger partial charge in [0.1, 0.15) is 11.8 Å². The molecule has 0 aromatic heterocycles. The highest BCUT2D eigenvalue weighted by Gasteiger charge is 2.04. The van der Waals surface area contributed by atoms with Crippen LogP contribution in [0.25, 0.3) is 0 Å². The van der Waals surface area contributed by atoms with Crippen LogP contribution in [0.3, 0.4) is 0 Å². The average Bonchev–Trinajstić information content (AvgIpc) is 2.46. The Labute approximate surface area is 113 Å². The minimum Gasteiger partial charge on any atom is -0.497 e. The van der Waals surface area contributed by atoms with Crippen molar-refractivity contribution in [2.75, 3.05) is 12.4 Å². The first kappa shape index (κ1) is 13.0. The van der Waals surface area contributed by atoms with Crippen molar-refractivity contribution in [1.82, 2.24) is 0 Å². The van der Waals surface area contributed by atoms with E-state index in [1.54, 1.807) is 7.11 Å². The molecule has 0 bridgehead atoms. The lowest BCUT2D eigenvalue weighted by molar-refractivity contribution is 0.414. The third-order valence-electron chi connectivity index (χ3n) is 3.00. The molecule has 2 aromatic rings. The molecule has 0 saturated heterocycles. The number of ether oxygens (including phenoxy) is 1. The zero-order valence-electron chi connectivity index (χ0n) is 11.1. The van der Waals surface area contributed by atoms with Crippen molar-refractivity contribution in [3.8, 4) is 11.8 Å². The number of nitriles is 1. The van der Waals surface area contributed by atoms with Crippen LogP contribution in [0.2, 0.25) is 0 Å². The van der Waals surface area contributed by atoms with Gasteiger partial charge in [-0.2, -0.15) is 5.26 Å². The van der Waals surface area contributed by atoms with Crippen molar-refractivity contribution >= 4 is 5.69 Å². The lowest BCUT2D eigenvalue weighted by Gasteiger charge is -2.11. The second-order valence-corrected chi connectivity index (χ2v) is 4.31. The maximum Gasteiger partial charge on any atom is 0.119 e. The third kappa shape index (κ3) is 3.05. The van der Waals surface area contributed by atoms with Gasteiger partial charge in [0, 0.05) is 6.54 Å². The standard InChI is InChI=1S/C16H16N2O/c1-12-5-3-7-14(10-17)16(12)18-11-13-6-4-8-15(9-13)19-2/h3-9,18H,11H2,1-2H3. The van der Waals surface area contributed by atoms with Crippen LogP contribution >= 0.6 is 0 Å². The smallest absolute Gasteiger partial charge is 0.119 e. The summed E-state index contributed by atoms with van der Waals surface area (Å²) in [6.07, 6.45) is 0. The lowest BCUT2D eigenvalue weighted by Crippen LogP contribution is -2.03. The summed E-state index contributed by atoms with van der Waals surface area (Å²) >= 11 is 0. The van der Waals surface area contributed by atoms with Gasteiger partial charge in [-0.25, -0.2) is 0 Å². The van der Waals surface area contributed by atoms with Gasteiger partial charge in [0.15, 0.2) is 0 Å². The summed E-state index contributed by atoms with van der Waals surface area (Å²) in [5.41, 5.74) is 3.75. The second kappa shape index (κ2) is 5.92. The molecule has 0 aliphatic heterocycles. The van der Waals surface area contributed by atoms with E-state index in [9.17, 15) is 0 Å². The Bertz CT molecular complexity index is 614. The Morgan fingerprint density at radius 3 is 2.74 bits per heavy atom. The number of nitrogens with zero attached hydrogens (tertiary/aromatic N) is 1. The molecule has 96 valence electrons.